The van der Waals surface area contributed by atoms with Crippen molar-refractivity contribution in [3.63, 3.8) is 0 Å². The van der Waals surface area contributed by atoms with Crippen molar-refractivity contribution in [3.8, 4) is 0 Å². The number of oxazole rings is 1. The highest BCUT2D eigenvalue weighted by Crippen LogP contribution is 2.35. The predicted octanol–water partition coefficient (Wildman–Crippen LogP) is 2.30. The number of carbonyl (C=O) groups excluding carboxylic acids is 1. The summed E-state index contributed by atoms with van der Waals surface area (Å²) < 4.78 is 9.97. The highest BCUT2D eigenvalue weighted by atomic mass is 16.5. The molecular weight excluding hydrogens is 276 g/mol. The first kappa shape index (κ1) is 15.3. The quantitative estimate of drug-likeness (QED) is 0.804. The first-order valence-electron chi connectivity index (χ1n) is 7.11. The van der Waals surface area contributed by atoms with Crippen LogP contribution >= 0.6 is 0 Å². The van der Waals surface area contributed by atoms with E-state index in [1.807, 2.05) is 6.92 Å². The van der Waals surface area contributed by atoms with Gasteiger partial charge < -0.3 is 19.6 Å². The van der Waals surface area contributed by atoms with Crippen molar-refractivity contribution in [1.29, 1.82) is 0 Å². The van der Waals surface area contributed by atoms with Crippen molar-refractivity contribution < 1.29 is 23.8 Å². The van der Waals surface area contributed by atoms with Gasteiger partial charge in [-0.05, 0) is 25.7 Å². The minimum Gasteiger partial charge on any atom is -0.480 e. The Balaban J connectivity index is 2.14. The number of carboxylic acid groups (broad SMARTS) is 1. The lowest BCUT2D eigenvalue weighted by atomic mass is 9.76. The largest absolute Gasteiger partial charge is 0.480 e. The molecule has 1 aromatic heterocycles. The molecule has 1 fully saturated rings. The van der Waals surface area contributed by atoms with Crippen molar-refractivity contribution in [1.82, 2.24) is 4.98 Å². The van der Waals surface area contributed by atoms with Gasteiger partial charge in [0, 0.05) is 0 Å². The topological polar surface area (TPSA) is 102 Å². The van der Waals surface area contributed by atoms with Gasteiger partial charge in [0.15, 0.2) is 5.69 Å². The summed E-state index contributed by atoms with van der Waals surface area (Å²) in [6, 6.07) is 0.0366. The summed E-state index contributed by atoms with van der Waals surface area (Å²) in [6.45, 7) is 3.96. The second kappa shape index (κ2) is 6.15. The molecule has 0 amide bonds. The highest BCUT2D eigenvalue weighted by Gasteiger charge is 2.43. The average Bonchev–Trinajstić information content (AvgIpc) is 2.87. The number of ether oxygens (including phenoxy) is 1. The Kier molecular flexibility index (Phi) is 4.50. The standard InChI is InChI=1S/C14H20N2O5/c1-3-20-11(17)10-8-21-13(15-10)16-14(12(18)19)6-4-5-9(2)7-14/h8-9H,3-7H2,1-2H3,(H,15,16)(H,18,19). The van der Waals surface area contributed by atoms with Crippen LogP contribution in [0.2, 0.25) is 0 Å². The molecule has 2 rings (SSSR count). The van der Waals surface area contributed by atoms with Crippen molar-refractivity contribution in [2.24, 2.45) is 5.92 Å². The second-order valence-corrected chi connectivity index (χ2v) is 5.47. The van der Waals surface area contributed by atoms with Crippen LogP contribution in [0.1, 0.15) is 50.0 Å². The normalized spacial score (nSPS) is 25.3. The number of esters is 1. The van der Waals surface area contributed by atoms with Gasteiger partial charge in [-0.1, -0.05) is 19.8 Å². The summed E-state index contributed by atoms with van der Waals surface area (Å²) in [6.07, 6.45) is 4.01. The summed E-state index contributed by atoms with van der Waals surface area (Å²) >= 11 is 0. The first-order chi connectivity index (χ1) is 9.97. The average molecular weight is 296 g/mol. The summed E-state index contributed by atoms with van der Waals surface area (Å²) in [7, 11) is 0. The summed E-state index contributed by atoms with van der Waals surface area (Å²) in [4.78, 5) is 27.1. The molecule has 0 saturated heterocycles. The van der Waals surface area contributed by atoms with Crippen LogP contribution in [0.25, 0.3) is 0 Å². The number of aliphatic carboxylic acids is 1. The Bertz CT molecular complexity index is 527. The Morgan fingerprint density at radius 3 is 3.00 bits per heavy atom. The number of hydrogen-bond acceptors (Lipinski definition) is 6. The first-order valence-corrected chi connectivity index (χ1v) is 7.11. The predicted molar refractivity (Wildman–Crippen MR) is 74.1 cm³/mol. The Morgan fingerprint density at radius 1 is 1.62 bits per heavy atom. The van der Waals surface area contributed by atoms with Gasteiger partial charge in [0.2, 0.25) is 0 Å². The van der Waals surface area contributed by atoms with E-state index in [0.29, 0.717) is 18.8 Å². The van der Waals surface area contributed by atoms with Crippen LogP contribution in [0.5, 0.6) is 0 Å². The van der Waals surface area contributed by atoms with E-state index in [1.54, 1.807) is 6.92 Å². The van der Waals surface area contributed by atoms with E-state index in [4.69, 9.17) is 9.15 Å². The second-order valence-electron chi connectivity index (χ2n) is 5.47. The Morgan fingerprint density at radius 2 is 2.38 bits per heavy atom. The lowest BCUT2D eigenvalue weighted by Crippen LogP contribution is -2.49. The van der Waals surface area contributed by atoms with E-state index in [1.165, 1.54) is 6.26 Å². The highest BCUT2D eigenvalue weighted by molar-refractivity contribution is 5.87. The van der Waals surface area contributed by atoms with E-state index in [9.17, 15) is 14.7 Å². The molecule has 0 aliphatic heterocycles. The third-order valence-corrected chi connectivity index (χ3v) is 3.74. The number of nitrogens with one attached hydrogen (secondary N) is 1. The molecule has 7 nitrogen and oxygen atoms in total. The summed E-state index contributed by atoms with van der Waals surface area (Å²) in [5.74, 6) is -1.21. The molecular formula is C14H20N2O5. The molecule has 1 aliphatic carbocycles. The van der Waals surface area contributed by atoms with Gasteiger partial charge >= 0.3 is 11.9 Å². The molecule has 7 heteroatoms. The smallest absolute Gasteiger partial charge is 0.360 e. The molecule has 1 aliphatic rings. The number of anilines is 1. The zero-order valence-corrected chi connectivity index (χ0v) is 12.2. The number of rotatable bonds is 5. The van der Waals surface area contributed by atoms with E-state index >= 15 is 0 Å². The van der Waals surface area contributed by atoms with Gasteiger partial charge in [-0.2, -0.15) is 4.98 Å². The molecule has 2 atom stereocenters. The van der Waals surface area contributed by atoms with Gasteiger partial charge in [-0.15, -0.1) is 0 Å². The molecule has 0 radical (unpaired) electrons. The molecule has 0 aromatic carbocycles. The van der Waals surface area contributed by atoms with Crippen LogP contribution < -0.4 is 5.32 Å². The third-order valence-electron chi connectivity index (χ3n) is 3.74. The molecule has 0 bridgehead atoms. The molecule has 1 aromatic rings. The van der Waals surface area contributed by atoms with Crippen LogP contribution in [0.15, 0.2) is 10.7 Å². The van der Waals surface area contributed by atoms with Crippen molar-refractivity contribution in [2.75, 3.05) is 11.9 Å². The lowest BCUT2D eigenvalue weighted by Gasteiger charge is -2.36. The van der Waals surface area contributed by atoms with E-state index in [0.717, 1.165) is 12.8 Å². The number of carbonyl (C=O) groups is 2. The molecule has 21 heavy (non-hydrogen) atoms. The van der Waals surface area contributed by atoms with Gasteiger partial charge in [-0.3, -0.25) is 0 Å². The molecule has 0 spiro atoms. The zero-order chi connectivity index (χ0) is 15.5. The maximum Gasteiger partial charge on any atom is 0.360 e. The summed E-state index contributed by atoms with van der Waals surface area (Å²) in [5, 5.41) is 12.4. The van der Waals surface area contributed by atoms with Gasteiger partial charge in [0.05, 0.1) is 6.61 Å². The van der Waals surface area contributed by atoms with E-state index in [-0.39, 0.29) is 18.3 Å². The maximum atomic E-state index is 11.6. The van der Waals surface area contributed by atoms with Crippen LogP contribution in [-0.2, 0) is 9.53 Å². The maximum absolute atomic E-state index is 11.6. The van der Waals surface area contributed by atoms with Crippen LogP contribution in [0.4, 0.5) is 6.01 Å². The fourth-order valence-electron chi connectivity index (χ4n) is 2.75. The zero-order valence-electron chi connectivity index (χ0n) is 12.2. The van der Waals surface area contributed by atoms with Crippen LogP contribution in [-0.4, -0.2) is 34.2 Å². The Hall–Kier alpha value is -2.05. The van der Waals surface area contributed by atoms with Gasteiger partial charge in [0.1, 0.15) is 11.8 Å². The number of carboxylic acids is 1. The minimum absolute atomic E-state index is 0.0312. The molecule has 1 heterocycles. The number of hydrogen-bond donors (Lipinski definition) is 2. The van der Waals surface area contributed by atoms with Crippen molar-refractivity contribution >= 4 is 18.0 Å². The fourth-order valence-corrected chi connectivity index (χ4v) is 2.75. The van der Waals surface area contributed by atoms with Crippen molar-refractivity contribution in [2.45, 2.75) is 45.1 Å². The van der Waals surface area contributed by atoms with Gasteiger partial charge in [-0.25, -0.2) is 9.59 Å². The molecule has 1 saturated carbocycles. The summed E-state index contributed by atoms with van der Waals surface area (Å²) in [5.41, 5.74) is -1.06. The van der Waals surface area contributed by atoms with Crippen LogP contribution in [0.3, 0.4) is 0 Å². The fraction of sp³-hybridized carbons (Fsp3) is 0.643. The Labute approximate surface area is 122 Å². The number of nitrogens with zero attached hydrogens (tertiary/aromatic N) is 1. The van der Waals surface area contributed by atoms with Gasteiger partial charge in [0.25, 0.3) is 6.01 Å². The monoisotopic (exact) mass is 296 g/mol. The minimum atomic E-state index is -1.09. The molecule has 2 unspecified atom stereocenters. The van der Waals surface area contributed by atoms with Crippen molar-refractivity contribution in [3.05, 3.63) is 12.0 Å². The molecule has 2 N–H and O–H groups in total. The van der Waals surface area contributed by atoms with E-state index in [2.05, 4.69) is 10.3 Å². The molecule has 116 valence electrons. The lowest BCUT2D eigenvalue weighted by molar-refractivity contribution is -0.144. The number of aromatic nitrogens is 1. The third kappa shape index (κ3) is 3.34. The SMILES string of the molecule is CCOC(=O)c1coc(NC2(C(=O)O)CCCC(C)C2)n1. The van der Waals surface area contributed by atoms with E-state index < -0.39 is 17.5 Å². The van der Waals surface area contributed by atoms with Crippen LogP contribution in [0, 0.1) is 5.92 Å².